The molecule has 6 heteroatoms. The van der Waals surface area contributed by atoms with E-state index in [0.717, 1.165) is 12.1 Å². The third-order valence-corrected chi connectivity index (χ3v) is 4.85. The van der Waals surface area contributed by atoms with E-state index in [9.17, 15) is 4.79 Å². The summed E-state index contributed by atoms with van der Waals surface area (Å²) in [5, 5.41) is 3.56. The van der Waals surface area contributed by atoms with Gasteiger partial charge in [-0.15, -0.1) is 0 Å². The van der Waals surface area contributed by atoms with Crippen LogP contribution in [0.15, 0.2) is 30.3 Å². The third-order valence-electron chi connectivity index (χ3n) is 4.85. The molecule has 6 nitrogen and oxygen atoms in total. The van der Waals surface area contributed by atoms with Crippen molar-refractivity contribution in [3.8, 4) is 0 Å². The van der Waals surface area contributed by atoms with Crippen LogP contribution in [-0.2, 0) is 20.8 Å². The summed E-state index contributed by atoms with van der Waals surface area (Å²) < 4.78 is 17.3. The first kappa shape index (κ1) is 18.2. The highest BCUT2D eigenvalue weighted by Gasteiger charge is 2.50. The fourth-order valence-corrected chi connectivity index (χ4v) is 3.60. The number of nitrogens with one attached hydrogen (secondary N) is 1. The summed E-state index contributed by atoms with van der Waals surface area (Å²) in [5.74, 6) is 0. The van der Waals surface area contributed by atoms with Gasteiger partial charge in [-0.1, -0.05) is 51.1 Å². The van der Waals surface area contributed by atoms with Crippen molar-refractivity contribution < 1.29 is 19.0 Å². The largest absolute Gasteiger partial charge is 0.444 e. The first-order valence-corrected chi connectivity index (χ1v) is 8.79. The lowest BCUT2D eigenvalue weighted by Crippen LogP contribution is -2.71. The summed E-state index contributed by atoms with van der Waals surface area (Å²) >= 11 is 0. The number of hydrogen-bond acceptors (Lipinski definition) is 5. The number of hydrogen-bond donors (Lipinski definition) is 1. The number of carbonyl (C=O) groups is 1. The third kappa shape index (κ3) is 3.97. The Labute approximate surface area is 149 Å². The van der Waals surface area contributed by atoms with Gasteiger partial charge in [-0.2, -0.15) is 0 Å². The van der Waals surface area contributed by atoms with Crippen molar-refractivity contribution in [1.29, 1.82) is 0 Å². The van der Waals surface area contributed by atoms with Crippen molar-refractivity contribution in [2.75, 3.05) is 20.2 Å². The molecule has 25 heavy (non-hydrogen) atoms. The van der Waals surface area contributed by atoms with E-state index in [1.54, 1.807) is 12.0 Å². The zero-order valence-electron chi connectivity index (χ0n) is 15.4. The zero-order valence-corrected chi connectivity index (χ0v) is 15.4. The molecule has 2 heterocycles. The molecule has 0 aromatic heterocycles. The van der Waals surface area contributed by atoms with Crippen molar-refractivity contribution >= 4 is 6.09 Å². The first-order chi connectivity index (χ1) is 11.9. The molecule has 1 N–H and O–H groups in total. The summed E-state index contributed by atoms with van der Waals surface area (Å²) in [7, 11) is 1.61. The SMILES string of the molecule is CO[C@@H]1C2OC(CN[C@@H]2C(C)(C)C)CN1C(=O)OCc1ccccc1. The van der Waals surface area contributed by atoms with Gasteiger partial charge in [0.1, 0.15) is 12.7 Å². The first-order valence-electron chi connectivity index (χ1n) is 8.79. The zero-order chi connectivity index (χ0) is 18.0. The molecule has 0 radical (unpaired) electrons. The molecule has 0 saturated carbocycles. The standard InChI is InChI=1S/C19H28N2O4/c1-19(2,3)16-15-17(23-4)21(11-14(25-15)10-20-16)18(22)24-12-13-8-6-5-7-9-13/h5-9,14-17,20H,10-12H2,1-4H3/t14?,15?,16-,17+/m0/s1. The Morgan fingerprint density at radius 2 is 2.04 bits per heavy atom. The number of methoxy groups -OCH3 is 1. The smallest absolute Gasteiger partial charge is 0.412 e. The van der Waals surface area contributed by atoms with Gasteiger partial charge in [-0.25, -0.2) is 4.79 Å². The van der Waals surface area contributed by atoms with Crippen LogP contribution in [0.25, 0.3) is 0 Å². The summed E-state index contributed by atoms with van der Waals surface area (Å²) in [4.78, 5) is 14.3. The summed E-state index contributed by atoms with van der Waals surface area (Å²) in [6.07, 6.45) is -1.08. The van der Waals surface area contributed by atoms with E-state index in [1.165, 1.54) is 0 Å². The van der Waals surface area contributed by atoms with Crippen LogP contribution >= 0.6 is 0 Å². The number of ether oxygens (including phenoxy) is 3. The maximum absolute atomic E-state index is 12.7. The van der Waals surface area contributed by atoms with Crippen molar-refractivity contribution in [2.24, 2.45) is 5.41 Å². The molecule has 1 aromatic rings. The Kier molecular flexibility index (Phi) is 5.32. The highest BCUT2D eigenvalue weighted by molar-refractivity contribution is 5.68. The monoisotopic (exact) mass is 348 g/mol. The van der Waals surface area contributed by atoms with Crippen molar-refractivity contribution in [2.45, 2.75) is 51.9 Å². The normalized spacial score (nSPS) is 29.4. The lowest BCUT2D eigenvalue weighted by atomic mass is 9.80. The van der Waals surface area contributed by atoms with Gasteiger partial charge in [-0.3, -0.25) is 4.90 Å². The summed E-state index contributed by atoms with van der Waals surface area (Å²) in [6, 6.07) is 9.77. The molecule has 138 valence electrons. The minimum atomic E-state index is -0.462. The molecule has 0 aliphatic carbocycles. The second kappa shape index (κ2) is 7.32. The molecule has 2 fully saturated rings. The lowest BCUT2D eigenvalue weighted by Gasteiger charge is -2.52. The number of fused-ring (bicyclic) bond motifs is 2. The van der Waals surface area contributed by atoms with Gasteiger partial charge in [0.15, 0.2) is 6.23 Å². The molecule has 2 bridgehead atoms. The van der Waals surface area contributed by atoms with Gasteiger partial charge in [0.25, 0.3) is 0 Å². The number of nitrogens with zero attached hydrogens (tertiary/aromatic N) is 1. The fourth-order valence-electron chi connectivity index (χ4n) is 3.60. The molecule has 1 amide bonds. The molecule has 2 saturated heterocycles. The Bertz CT molecular complexity index is 587. The number of amides is 1. The van der Waals surface area contributed by atoms with Crippen LogP contribution in [0, 0.1) is 5.41 Å². The van der Waals surface area contributed by atoms with Crippen LogP contribution in [0.3, 0.4) is 0 Å². The summed E-state index contributed by atoms with van der Waals surface area (Å²) in [6.45, 7) is 7.92. The van der Waals surface area contributed by atoms with Crippen molar-refractivity contribution in [1.82, 2.24) is 10.2 Å². The van der Waals surface area contributed by atoms with Crippen LogP contribution in [0.1, 0.15) is 26.3 Å². The van der Waals surface area contributed by atoms with E-state index in [0.29, 0.717) is 6.54 Å². The second-order valence-electron chi connectivity index (χ2n) is 7.79. The van der Waals surface area contributed by atoms with Crippen LogP contribution < -0.4 is 5.32 Å². The van der Waals surface area contributed by atoms with Gasteiger partial charge in [0.05, 0.1) is 12.6 Å². The van der Waals surface area contributed by atoms with Gasteiger partial charge >= 0.3 is 6.09 Å². The summed E-state index contributed by atoms with van der Waals surface area (Å²) in [5.41, 5.74) is 0.955. The minimum Gasteiger partial charge on any atom is -0.444 e. The van der Waals surface area contributed by atoms with Crippen LogP contribution in [0.2, 0.25) is 0 Å². The van der Waals surface area contributed by atoms with E-state index >= 15 is 0 Å². The van der Waals surface area contributed by atoms with Crippen LogP contribution in [0.5, 0.6) is 0 Å². The number of morpholine rings is 2. The van der Waals surface area contributed by atoms with Gasteiger partial charge < -0.3 is 19.5 Å². The van der Waals surface area contributed by atoms with Crippen LogP contribution in [0.4, 0.5) is 4.79 Å². The minimum absolute atomic E-state index is 0.0105. The van der Waals surface area contributed by atoms with E-state index in [1.807, 2.05) is 30.3 Å². The quantitative estimate of drug-likeness (QED) is 0.909. The number of benzene rings is 1. The molecular formula is C19H28N2O4. The van der Waals surface area contributed by atoms with Gasteiger partial charge in [0, 0.05) is 19.7 Å². The molecule has 4 atom stereocenters. The average molecular weight is 348 g/mol. The highest BCUT2D eigenvalue weighted by atomic mass is 16.6. The molecular weight excluding hydrogens is 320 g/mol. The van der Waals surface area contributed by atoms with E-state index in [-0.39, 0.29) is 36.4 Å². The molecule has 1 aromatic carbocycles. The Balaban J connectivity index is 1.71. The molecule has 0 spiro atoms. The van der Waals surface area contributed by atoms with E-state index in [4.69, 9.17) is 14.2 Å². The molecule has 2 aliphatic rings. The maximum atomic E-state index is 12.7. The predicted octanol–water partition coefficient (Wildman–Crippen LogP) is 2.38. The van der Waals surface area contributed by atoms with Crippen LogP contribution in [-0.4, -0.2) is 55.7 Å². The maximum Gasteiger partial charge on any atom is 0.412 e. The highest BCUT2D eigenvalue weighted by Crippen LogP contribution is 2.33. The lowest BCUT2D eigenvalue weighted by molar-refractivity contribution is -0.222. The second-order valence-corrected chi connectivity index (χ2v) is 7.79. The number of rotatable bonds is 3. The van der Waals surface area contributed by atoms with Gasteiger partial charge in [0.2, 0.25) is 0 Å². The van der Waals surface area contributed by atoms with E-state index in [2.05, 4.69) is 26.1 Å². The van der Waals surface area contributed by atoms with Crippen molar-refractivity contribution in [3.63, 3.8) is 0 Å². The topological polar surface area (TPSA) is 60.0 Å². The number of carbonyl (C=O) groups excluding carboxylic acids is 1. The molecule has 2 aliphatic heterocycles. The molecule has 3 rings (SSSR count). The molecule has 2 unspecified atom stereocenters. The Hall–Kier alpha value is -1.63. The van der Waals surface area contributed by atoms with Crippen molar-refractivity contribution in [3.05, 3.63) is 35.9 Å². The van der Waals surface area contributed by atoms with Gasteiger partial charge in [-0.05, 0) is 11.0 Å². The van der Waals surface area contributed by atoms with E-state index < -0.39 is 6.23 Å². The fraction of sp³-hybridized carbons (Fsp3) is 0.632. The predicted molar refractivity (Wildman–Crippen MR) is 94.0 cm³/mol. The average Bonchev–Trinajstić information content (AvgIpc) is 2.59. The Morgan fingerprint density at radius 1 is 1.32 bits per heavy atom. The Morgan fingerprint density at radius 3 is 2.68 bits per heavy atom.